The summed E-state index contributed by atoms with van der Waals surface area (Å²) >= 11 is 12.4. The molecule has 40 heavy (non-hydrogen) atoms. The third-order valence-corrected chi connectivity index (χ3v) is 7.19. The molecule has 4 rings (SSSR count). The van der Waals surface area contributed by atoms with Gasteiger partial charge < -0.3 is 15.2 Å². The molecular formula is C27H22Cl2N3NaO6S. The smallest absolute Gasteiger partial charge is 0.870 e. The van der Waals surface area contributed by atoms with Crippen molar-refractivity contribution in [3.8, 4) is 11.5 Å². The van der Waals surface area contributed by atoms with Gasteiger partial charge in [-0.1, -0.05) is 60.1 Å². The zero-order chi connectivity index (χ0) is 28.3. The molecule has 1 amide bonds. The number of azo groups is 1. The number of anilines is 1. The number of hydrogen-bond acceptors (Lipinski definition) is 7. The van der Waals surface area contributed by atoms with Crippen LogP contribution in [0.2, 0.25) is 10.0 Å². The summed E-state index contributed by atoms with van der Waals surface area (Å²) in [5, 5.41) is 25.8. The number of nitrogens with one attached hydrogen (secondary N) is 1. The first-order valence-electron chi connectivity index (χ1n) is 11.7. The van der Waals surface area contributed by atoms with E-state index < -0.39 is 26.7 Å². The molecule has 4 aromatic carbocycles. The molecule has 4 aromatic rings. The van der Waals surface area contributed by atoms with E-state index in [9.17, 15) is 22.9 Å². The number of hydrogen-bond donors (Lipinski definition) is 2. The number of ether oxygens (including phenoxy) is 1. The van der Waals surface area contributed by atoms with Crippen LogP contribution in [0.25, 0.3) is 10.8 Å². The largest absolute Gasteiger partial charge is 1.00 e. The van der Waals surface area contributed by atoms with Crippen molar-refractivity contribution in [3.63, 3.8) is 0 Å². The minimum Gasteiger partial charge on any atom is -0.870 e. The molecule has 13 heteroatoms. The SMILES string of the molecule is CCOc1cc(Cl)cc(NC(=O)c2cc3ccccc3c(N=Nc3c(S(=O)(=O)O)ccc(Cl)c3CC)c2[O-])c1.[Na+]. The monoisotopic (exact) mass is 609 g/mol. The summed E-state index contributed by atoms with van der Waals surface area (Å²) < 4.78 is 39.2. The number of nitrogens with zero attached hydrogens (tertiary/aromatic N) is 2. The Labute approximate surface area is 263 Å². The Kier molecular flexibility index (Phi) is 10.6. The number of carbonyl (C=O) groups is 1. The van der Waals surface area contributed by atoms with Gasteiger partial charge in [-0.05, 0) is 54.6 Å². The van der Waals surface area contributed by atoms with E-state index in [2.05, 4.69) is 15.5 Å². The number of carbonyl (C=O) groups excluding carboxylic acids is 1. The van der Waals surface area contributed by atoms with Crippen LogP contribution in [0.3, 0.4) is 0 Å². The molecular weight excluding hydrogens is 588 g/mol. The Bertz CT molecular complexity index is 1730. The quantitative estimate of drug-likeness (QED) is 0.175. The maximum atomic E-state index is 13.5. The number of halogens is 2. The van der Waals surface area contributed by atoms with Crippen LogP contribution in [-0.2, 0) is 16.5 Å². The van der Waals surface area contributed by atoms with Gasteiger partial charge in [0.15, 0.2) is 0 Å². The van der Waals surface area contributed by atoms with Gasteiger partial charge in [0.2, 0.25) is 0 Å². The van der Waals surface area contributed by atoms with Gasteiger partial charge >= 0.3 is 29.6 Å². The molecule has 0 spiro atoms. The number of benzene rings is 4. The van der Waals surface area contributed by atoms with Gasteiger partial charge in [-0.15, -0.1) is 5.11 Å². The van der Waals surface area contributed by atoms with Crippen LogP contribution in [0, 0.1) is 0 Å². The van der Waals surface area contributed by atoms with Gasteiger partial charge in [-0.25, -0.2) is 0 Å². The Morgan fingerprint density at radius 1 is 1.02 bits per heavy atom. The van der Waals surface area contributed by atoms with Crippen LogP contribution in [0.1, 0.15) is 29.8 Å². The third-order valence-electron chi connectivity index (χ3n) is 5.73. The Balaban J connectivity index is 0.00000441. The molecule has 0 atom stereocenters. The molecule has 202 valence electrons. The van der Waals surface area contributed by atoms with E-state index in [-0.39, 0.29) is 57.9 Å². The Hall–Kier alpha value is -2.70. The second kappa shape index (κ2) is 13.3. The first kappa shape index (κ1) is 31.8. The van der Waals surface area contributed by atoms with Crippen molar-refractivity contribution in [1.29, 1.82) is 0 Å². The topological polar surface area (TPSA) is 140 Å². The minimum atomic E-state index is -4.68. The molecule has 0 fully saturated rings. The second-order valence-corrected chi connectivity index (χ2v) is 10.5. The summed E-state index contributed by atoms with van der Waals surface area (Å²) in [5.41, 5.74) is 0.0107. The molecule has 0 aromatic heterocycles. The van der Waals surface area contributed by atoms with Crippen LogP contribution in [0.15, 0.2) is 75.8 Å². The van der Waals surface area contributed by atoms with Crippen molar-refractivity contribution in [2.45, 2.75) is 25.2 Å². The fraction of sp³-hybridized carbons (Fsp3) is 0.148. The maximum Gasteiger partial charge on any atom is 1.00 e. The summed E-state index contributed by atoms with van der Waals surface area (Å²) in [6, 6.07) is 15.3. The molecule has 0 bridgehead atoms. The summed E-state index contributed by atoms with van der Waals surface area (Å²) in [7, 11) is -4.68. The number of rotatable bonds is 8. The van der Waals surface area contributed by atoms with Gasteiger partial charge in [0.25, 0.3) is 16.0 Å². The molecule has 9 nitrogen and oxygen atoms in total. The summed E-state index contributed by atoms with van der Waals surface area (Å²) in [4.78, 5) is 12.7. The van der Waals surface area contributed by atoms with Crippen LogP contribution in [0.4, 0.5) is 17.1 Å². The van der Waals surface area contributed by atoms with E-state index in [0.717, 1.165) is 6.07 Å². The fourth-order valence-electron chi connectivity index (χ4n) is 4.01. The summed E-state index contributed by atoms with van der Waals surface area (Å²) in [6.07, 6.45) is 0.271. The zero-order valence-corrected chi connectivity index (χ0v) is 26.1. The maximum absolute atomic E-state index is 13.5. The van der Waals surface area contributed by atoms with Crippen LogP contribution in [-0.4, -0.2) is 25.5 Å². The number of fused-ring (bicyclic) bond motifs is 1. The van der Waals surface area contributed by atoms with E-state index in [1.807, 2.05) is 0 Å². The molecule has 0 saturated heterocycles. The van der Waals surface area contributed by atoms with Gasteiger partial charge in [0.05, 0.1) is 12.3 Å². The molecule has 0 unspecified atom stereocenters. The minimum absolute atomic E-state index is 0. The normalized spacial score (nSPS) is 11.4. The van der Waals surface area contributed by atoms with Gasteiger partial charge in [0, 0.05) is 32.7 Å². The standard InChI is InChI=1S/C27H23Cl2N3O6S.Na/c1-3-19-22(29)9-10-23(39(35,36)37)24(19)31-32-25-20-8-6-5-7-15(20)11-21(26(25)33)27(34)30-17-12-16(28)13-18(14-17)38-4-2;/h5-14,33H,3-4H2,1-2H3,(H,30,34)(H,35,36,37);/q;+1/p-1. The van der Waals surface area contributed by atoms with Gasteiger partial charge in [0.1, 0.15) is 16.3 Å². The first-order valence-corrected chi connectivity index (χ1v) is 13.9. The summed E-state index contributed by atoms with van der Waals surface area (Å²) in [6.45, 7) is 3.92. The van der Waals surface area contributed by atoms with Crippen LogP contribution < -0.4 is 44.7 Å². The fourth-order valence-corrected chi connectivity index (χ4v) is 5.16. The van der Waals surface area contributed by atoms with Crippen molar-refractivity contribution < 1.29 is 57.2 Å². The zero-order valence-electron chi connectivity index (χ0n) is 21.7. The summed E-state index contributed by atoms with van der Waals surface area (Å²) in [5.74, 6) is -1.02. The van der Waals surface area contributed by atoms with Crippen molar-refractivity contribution >= 4 is 67.1 Å². The predicted molar refractivity (Wildman–Crippen MR) is 149 cm³/mol. The molecule has 0 aliphatic heterocycles. The third kappa shape index (κ3) is 6.95. The molecule has 0 heterocycles. The van der Waals surface area contributed by atoms with E-state index in [4.69, 9.17) is 27.9 Å². The van der Waals surface area contributed by atoms with Crippen molar-refractivity contribution in [1.82, 2.24) is 0 Å². The predicted octanol–water partition coefficient (Wildman–Crippen LogP) is 4.10. The average Bonchev–Trinajstić information content (AvgIpc) is 2.87. The molecule has 2 N–H and O–H groups in total. The second-order valence-electron chi connectivity index (χ2n) is 8.29. The van der Waals surface area contributed by atoms with Crippen molar-refractivity contribution in [3.05, 3.63) is 81.8 Å². The Morgan fingerprint density at radius 2 is 1.73 bits per heavy atom. The van der Waals surface area contributed by atoms with E-state index >= 15 is 0 Å². The molecule has 0 radical (unpaired) electrons. The Morgan fingerprint density at radius 3 is 2.40 bits per heavy atom. The van der Waals surface area contributed by atoms with E-state index in [0.29, 0.717) is 39.4 Å². The first-order chi connectivity index (χ1) is 18.5. The number of amides is 1. The average molecular weight is 610 g/mol. The van der Waals surface area contributed by atoms with Gasteiger partial charge in [-0.2, -0.15) is 13.5 Å². The molecule has 0 aliphatic rings. The van der Waals surface area contributed by atoms with E-state index in [1.165, 1.54) is 18.2 Å². The van der Waals surface area contributed by atoms with Crippen LogP contribution >= 0.6 is 23.2 Å². The van der Waals surface area contributed by atoms with Gasteiger partial charge in [-0.3, -0.25) is 9.35 Å². The van der Waals surface area contributed by atoms with Crippen molar-refractivity contribution in [2.24, 2.45) is 10.2 Å². The van der Waals surface area contributed by atoms with Crippen molar-refractivity contribution in [2.75, 3.05) is 11.9 Å². The molecule has 0 saturated carbocycles. The van der Waals surface area contributed by atoms with Crippen LogP contribution in [0.5, 0.6) is 11.5 Å². The molecule has 0 aliphatic carbocycles. The van der Waals surface area contributed by atoms with E-state index in [1.54, 1.807) is 50.2 Å².